The fourth-order valence-electron chi connectivity index (χ4n) is 3.50. The number of thioether (sulfide) groups is 1. The van der Waals surface area contributed by atoms with Gasteiger partial charge in [-0.3, -0.25) is 9.69 Å². The first-order valence-electron chi connectivity index (χ1n) is 10.0. The molecule has 1 aromatic heterocycles. The molecule has 2 heterocycles. The Morgan fingerprint density at radius 1 is 1.17 bits per heavy atom. The number of methoxy groups -OCH3 is 1. The minimum absolute atomic E-state index is 0.0161. The van der Waals surface area contributed by atoms with Crippen molar-refractivity contribution in [2.45, 2.75) is 6.54 Å². The van der Waals surface area contributed by atoms with Crippen LogP contribution in [-0.2, 0) is 6.54 Å². The summed E-state index contributed by atoms with van der Waals surface area (Å²) in [5.41, 5.74) is 3.79. The lowest BCUT2D eigenvalue weighted by Gasteiger charge is -2.26. The zero-order chi connectivity index (χ0) is 20.8. The lowest BCUT2D eigenvalue weighted by molar-refractivity contribution is 0.104. The molecule has 30 heavy (non-hydrogen) atoms. The first kappa shape index (κ1) is 20.4. The Morgan fingerprint density at radius 3 is 2.67 bits per heavy atom. The van der Waals surface area contributed by atoms with Crippen molar-refractivity contribution in [1.82, 2.24) is 14.5 Å². The van der Waals surface area contributed by atoms with Crippen LogP contribution in [0.15, 0.2) is 67.3 Å². The van der Waals surface area contributed by atoms with E-state index in [-0.39, 0.29) is 5.78 Å². The minimum atomic E-state index is -0.0161. The highest BCUT2D eigenvalue weighted by atomic mass is 32.2. The van der Waals surface area contributed by atoms with Gasteiger partial charge in [-0.25, -0.2) is 4.98 Å². The van der Waals surface area contributed by atoms with Gasteiger partial charge in [0, 0.05) is 60.3 Å². The number of aromatic nitrogens is 2. The summed E-state index contributed by atoms with van der Waals surface area (Å²) < 4.78 is 7.46. The number of ether oxygens (including phenoxy) is 1. The van der Waals surface area contributed by atoms with Gasteiger partial charge in [-0.05, 0) is 48.0 Å². The third kappa shape index (κ3) is 5.01. The lowest BCUT2D eigenvalue weighted by Crippen LogP contribution is -2.32. The Hall–Kier alpha value is -2.83. The molecule has 0 unspecified atom stereocenters. The van der Waals surface area contributed by atoms with Gasteiger partial charge in [-0.15, -0.1) is 0 Å². The molecule has 0 spiro atoms. The van der Waals surface area contributed by atoms with E-state index < -0.39 is 0 Å². The van der Waals surface area contributed by atoms with Crippen molar-refractivity contribution in [1.29, 1.82) is 0 Å². The predicted molar refractivity (Wildman–Crippen MR) is 123 cm³/mol. The molecule has 0 bridgehead atoms. The first-order valence-corrected chi connectivity index (χ1v) is 11.2. The van der Waals surface area contributed by atoms with E-state index in [1.54, 1.807) is 25.7 Å². The van der Waals surface area contributed by atoms with Gasteiger partial charge >= 0.3 is 0 Å². The lowest BCUT2D eigenvalue weighted by atomic mass is 10.1. The molecule has 154 valence electrons. The Labute approximate surface area is 181 Å². The van der Waals surface area contributed by atoms with Crippen LogP contribution in [0.5, 0.6) is 5.75 Å². The van der Waals surface area contributed by atoms with Crippen molar-refractivity contribution in [2.24, 2.45) is 0 Å². The second kappa shape index (κ2) is 9.78. The fourth-order valence-corrected chi connectivity index (χ4v) is 4.48. The number of nitrogens with zero attached hydrogens (tertiary/aromatic N) is 3. The zero-order valence-corrected chi connectivity index (χ0v) is 17.8. The molecule has 5 nitrogen and oxygen atoms in total. The molecule has 1 saturated heterocycles. The average molecular weight is 420 g/mol. The molecule has 1 aliphatic heterocycles. The normalized spacial score (nSPS) is 14.8. The average Bonchev–Trinajstić information content (AvgIpc) is 3.33. The summed E-state index contributed by atoms with van der Waals surface area (Å²) in [7, 11) is 1.71. The van der Waals surface area contributed by atoms with E-state index in [4.69, 9.17) is 4.74 Å². The highest BCUT2D eigenvalue weighted by molar-refractivity contribution is 7.99. The number of ketones is 1. The van der Waals surface area contributed by atoms with Crippen LogP contribution >= 0.6 is 11.8 Å². The summed E-state index contributed by atoms with van der Waals surface area (Å²) in [5, 5.41) is 0. The molecule has 0 saturated carbocycles. The number of carbonyl (C=O) groups is 1. The van der Waals surface area contributed by atoms with Crippen LogP contribution < -0.4 is 4.74 Å². The van der Waals surface area contributed by atoms with Crippen molar-refractivity contribution in [3.05, 3.63) is 84.0 Å². The van der Waals surface area contributed by atoms with E-state index in [9.17, 15) is 4.79 Å². The van der Waals surface area contributed by atoms with Crippen LogP contribution in [0.3, 0.4) is 0 Å². The maximum absolute atomic E-state index is 12.6. The summed E-state index contributed by atoms with van der Waals surface area (Å²) in [5.74, 6) is 3.23. The number of imidazole rings is 1. The van der Waals surface area contributed by atoms with Crippen LogP contribution in [0.2, 0.25) is 0 Å². The summed E-state index contributed by atoms with van der Waals surface area (Å²) in [6.45, 7) is 3.07. The molecular formula is C24H25N3O2S. The van der Waals surface area contributed by atoms with Crippen molar-refractivity contribution in [3.8, 4) is 11.4 Å². The topological polar surface area (TPSA) is 47.4 Å². The van der Waals surface area contributed by atoms with Gasteiger partial charge in [0.25, 0.3) is 0 Å². The molecule has 0 N–H and O–H groups in total. The monoisotopic (exact) mass is 419 g/mol. The molecule has 1 fully saturated rings. The van der Waals surface area contributed by atoms with Crippen LogP contribution in [0.1, 0.15) is 21.5 Å². The van der Waals surface area contributed by atoms with Gasteiger partial charge in [0.05, 0.1) is 13.4 Å². The SMILES string of the molecule is COc1ccc(/C=C/C(=O)c2ccc(-n3ccnc3)cc2)cc1CN1CCSCC1. The van der Waals surface area contributed by atoms with Crippen LogP contribution in [-0.4, -0.2) is 51.9 Å². The van der Waals surface area contributed by atoms with E-state index in [2.05, 4.69) is 16.0 Å². The largest absolute Gasteiger partial charge is 0.496 e. The van der Waals surface area contributed by atoms with Crippen molar-refractivity contribution >= 4 is 23.6 Å². The third-order valence-corrected chi connectivity index (χ3v) is 6.13. The molecule has 6 heteroatoms. The standard InChI is InChI=1S/C24H25N3O2S/c1-29-24-9-3-19(16-21(24)17-26-12-14-30-15-13-26)2-8-23(28)20-4-6-22(7-5-20)27-11-10-25-18-27/h2-11,16,18H,12-15,17H2,1H3/b8-2+. The van der Waals surface area contributed by atoms with E-state index in [0.29, 0.717) is 5.56 Å². The first-order chi connectivity index (χ1) is 14.7. The minimum Gasteiger partial charge on any atom is -0.496 e. The van der Waals surface area contributed by atoms with Gasteiger partial charge in [0.15, 0.2) is 5.78 Å². The maximum Gasteiger partial charge on any atom is 0.185 e. The van der Waals surface area contributed by atoms with Crippen LogP contribution in [0, 0.1) is 0 Å². The quantitative estimate of drug-likeness (QED) is 0.421. The van der Waals surface area contributed by atoms with Gasteiger partial charge in [0.2, 0.25) is 0 Å². The highest BCUT2D eigenvalue weighted by Crippen LogP contribution is 2.24. The second-order valence-electron chi connectivity index (χ2n) is 7.17. The Bertz CT molecular complexity index is 1010. The van der Waals surface area contributed by atoms with E-state index in [1.807, 2.05) is 65.0 Å². The van der Waals surface area contributed by atoms with Gasteiger partial charge in [-0.1, -0.05) is 12.1 Å². The third-order valence-electron chi connectivity index (χ3n) is 5.18. The number of allylic oxidation sites excluding steroid dienone is 1. The number of carbonyl (C=O) groups excluding carboxylic acids is 1. The maximum atomic E-state index is 12.6. The van der Waals surface area contributed by atoms with Crippen molar-refractivity contribution in [3.63, 3.8) is 0 Å². The summed E-state index contributed by atoms with van der Waals surface area (Å²) in [6.07, 6.45) is 8.85. The van der Waals surface area contributed by atoms with Gasteiger partial charge in [-0.2, -0.15) is 11.8 Å². The van der Waals surface area contributed by atoms with Crippen LogP contribution in [0.25, 0.3) is 11.8 Å². The molecule has 0 aliphatic carbocycles. The number of hydrogen-bond acceptors (Lipinski definition) is 5. The van der Waals surface area contributed by atoms with E-state index in [0.717, 1.165) is 42.2 Å². The molecule has 1 aliphatic rings. The zero-order valence-electron chi connectivity index (χ0n) is 17.0. The van der Waals surface area contributed by atoms with Crippen molar-refractivity contribution in [2.75, 3.05) is 31.7 Å². The predicted octanol–water partition coefficient (Wildman–Crippen LogP) is 4.33. The molecule has 0 amide bonds. The molecule has 3 aromatic rings. The molecule has 4 rings (SSSR count). The molecule has 0 radical (unpaired) electrons. The van der Waals surface area contributed by atoms with Gasteiger partial charge < -0.3 is 9.30 Å². The number of rotatable bonds is 7. The smallest absolute Gasteiger partial charge is 0.185 e. The Balaban J connectivity index is 1.46. The van der Waals surface area contributed by atoms with E-state index >= 15 is 0 Å². The highest BCUT2D eigenvalue weighted by Gasteiger charge is 2.13. The Kier molecular flexibility index (Phi) is 6.67. The Morgan fingerprint density at radius 2 is 1.97 bits per heavy atom. The molecular weight excluding hydrogens is 394 g/mol. The second-order valence-corrected chi connectivity index (χ2v) is 8.40. The van der Waals surface area contributed by atoms with Crippen molar-refractivity contribution < 1.29 is 9.53 Å². The fraction of sp³-hybridized carbons (Fsp3) is 0.250. The number of benzene rings is 2. The van der Waals surface area contributed by atoms with Gasteiger partial charge in [0.1, 0.15) is 5.75 Å². The van der Waals surface area contributed by atoms with E-state index in [1.165, 1.54) is 11.5 Å². The summed E-state index contributed by atoms with van der Waals surface area (Å²) in [4.78, 5) is 19.1. The van der Waals surface area contributed by atoms with Crippen LogP contribution in [0.4, 0.5) is 0 Å². The summed E-state index contributed by atoms with van der Waals surface area (Å²) >= 11 is 2.01. The molecule has 0 atom stereocenters. The molecule has 2 aromatic carbocycles. The summed E-state index contributed by atoms with van der Waals surface area (Å²) in [6, 6.07) is 13.6. The number of hydrogen-bond donors (Lipinski definition) is 0.